The lowest BCUT2D eigenvalue weighted by Gasteiger charge is -2.27. The molecule has 1 aliphatic rings. The topological polar surface area (TPSA) is 53.7 Å². The van der Waals surface area contributed by atoms with Crippen LogP contribution in [0.15, 0.2) is 54.7 Å². The lowest BCUT2D eigenvalue weighted by Crippen LogP contribution is -2.40. The lowest BCUT2D eigenvalue weighted by molar-refractivity contribution is -0.120. The fraction of sp³-hybridized carbons (Fsp3) is 0.350. The second-order valence-electron chi connectivity index (χ2n) is 6.59. The van der Waals surface area contributed by atoms with Crippen molar-refractivity contribution in [2.45, 2.75) is 25.8 Å². The molecule has 1 unspecified atom stereocenters. The Hall–Kier alpha value is -2.73. The highest BCUT2D eigenvalue weighted by molar-refractivity contribution is 5.94. The molecule has 1 atom stereocenters. The Morgan fingerprint density at radius 1 is 1.15 bits per heavy atom. The summed E-state index contributed by atoms with van der Waals surface area (Å²) in [7, 11) is 0. The van der Waals surface area contributed by atoms with E-state index in [2.05, 4.69) is 15.1 Å². The Morgan fingerprint density at radius 3 is 2.77 bits per heavy atom. The van der Waals surface area contributed by atoms with Crippen molar-refractivity contribution in [3.05, 3.63) is 60.6 Å². The largest absolute Gasteiger partial charge is 0.312 e. The van der Waals surface area contributed by atoms with Crippen molar-refractivity contribution in [2.75, 3.05) is 24.5 Å². The molecule has 6 heteroatoms. The van der Waals surface area contributed by atoms with E-state index in [9.17, 15) is 4.79 Å². The van der Waals surface area contributed by atoms with E-state index in [1.54, 1.807) is 0 Å². The molecule has 6 nitrogen and oxygen atoms in total. The Bertz CT molecular complexity index is 891. The molecular weight excluding hydrogens is 326 g/mol. The summed E-state index contributed by atoms with van der Waals surface area (Å²) >= 11 is 0. The van der Waals surface area contributed by atoms with E-state index in [1.807, 2.05) is 71.0 Å². The molecule has 1 amide bonds. The van der Waals surface area contributed by atoms with Crippen molar-refractivity contribution in [1.29, 1.82) is 0 Å². The zero-order chi connectivity index (χ0) is 17.9. The smallest absolute Gasteiger partial charge is 0.241 e. The maximum atomic E-state index is 13.0. The summed E-state index contributed by atoms with van der Waals surface area (Å²) in [6.07, 6.45) is 4.06. The molecule has 0 radical (unpaired) electrons. The maximum absolute atomic E-state index is 13.0. The van der Waals surface area contributed by atoms with Gasteiger partial charge in [-0.05, 0) is 50.6 Å². The number of benzene rings is 1. The van der Waals surface area contributed by atoms with Gasteiger partial charge in [0.05, 0.1) is 12.6 Å². The van der Waals surface area contributed by atoms with Crippen LogP contribution >= 0.6 is 0 Å². The minimum Gasteiger partial charge on any atom is -0.312 e. The van der Waals surface area contributed by atoms with Crippen LogP contribution in [0.2, 0.25) is 0 Å². The van der Waals surface area contributed by atoms with Crippen LogP contribution in [0, 0.1) is 0 Å². The zero-order valence-corrected chi connectivity index (χ0v) is 15.0. The predicted molar refractivity (Wildman–Crippen MR) is 101 cm³/mol. The van der Waals surface area contributed by atoms with E-state index >= 15 is 0 Å². The molecule has 1 saturated heterocycles. The molecule has 3 aromatic rings. The molecule has 3 heterocycles. The van der Waals surface area contributed by atoms with Gasteiger partial charge in [-0.3, -0.25) is 14.1 Å². The number of aromatic nitrogens is 3. The van der Waals surface area contributed by atoms with Crippen LogP contribution in [0.1, 0.15) is 31.6 Å². The summed E-state index contributed by atoms with van der Waals surface area (Å²) < 4.78 is 2.03. The second-order valence-corrected chi connectivity index (χ2v) is 6.59. The van der Waals surface area contributed by atoms with Gasteiger partial charge >= 0.3 is 0 Å². The van der Waals surface area contributed by atoms with Crippen molar-refractivity contribution in [3.63, 3.8) is 0 Å². The maximum Gasteiger partial charge on any atom is 0.241 e. The van der Waals surface area contributed by atoms with Crippen LogP contribution < -0.4 is 4.90 Å². The van der Waals surface area contributed by atoms with Crippen LogP contribution in [-0.4, -0.2) is 45.0 Å². The number of carbonyl (C=O) groups excluding carboxylic acids is 1. The predicted octanol–water partition coefficient (Wildman–Crippen LogP) is 2.92. The minimum absolute atomic E-state index is 0.124. The summed E-state index contributed by atoms with van der Waals surface area (Å²) in [5, 5.41) is 8.67. The van der Waals surface area contributed by atoms with E-state index in [0.717, 1.165) is 36.5 Å². The number of fused-ring (bicyclic) bond motifs is 1. The van der Waals surface area contributed by atoms with E-state index in [0.29, 0.717) is 13.1 Å². The van der Waals surface area contributed by atoms with Crippen molar-refractivity contribution < 1.29 is 4.79 Å². The highest BCUT2D eigenvalue weighted by Crippen LogP contribution is 2.31. The Labute approximate surface area is 153 Å². The first-order valence-electron chi connectivity index (χ1n) is 9.17. The second kappa shape index (κ2) is 7.25. The van der Waals surface area contributed by atoms with E-state index in [-0.39, 0.29) is 11.9 Å². The number of hydrogen-bond donors (Lipinski definition) is 0. The average molecular weight is 349 g/mol. The van der Waals surface area contributed by atoms with Crippen LogP contribution in [-0.2, 0) is 4.79 Å². The van der Waals surface area contributed by atoms with E-state index < -0.39 is 0 Å². The number of amides is 1. The van der Waals surface area contributed by atoms with E-state index in [4.69, 9.17) is 0 Å². The number of nitrogens with zero attached hydrogens (tertiary/aromatic N) is 5. The molecule has 2 aromatic heterocycles. The molecule has 0 aliphatic carbocycles. The Kier molecular flexibility index (Phi) is 4.67. The van der Waals surface area contributed by atoms with Gasteiger partial charge in [-0.25, -0.2) is 0 Å². The molecule has 134 valence electrons. The third-order valence-electron chi connectivity index (χ3n) is 5.03. The number of rotatable bonds is 5. The molecule has 26 heavy (non-hydrogen) atoms. The Morgan fingerprint density at radius 2 is 1.96 bits per heavy atom. The van der Waals surface area contributed by atoms with Crippen molar-refractivity contribution in [1.82, 2.24) is 19.5 Å². The number of anilines is 1. The number of hydrogen-bond acceptors (Lipinski definition) is 4. The van der Waals surface area contributed by atoms with Crippen molar-refractivity contribution in [3.8, 4) is 0 Å². The van der Waals surface area contributed by atoms with Crippen molar-refractivity contribution >= 4 is 17.2 Å². The first-order valence-corrected chi connectivity index (χ1v) is 9.17. The molecule has 1 aliphatic heterocycles. The molecule has 0 N–H and O–H groups in total. The monoisotopic (exact) mass is 349 g/mol. The van der Waals surface area contributed by atoms with Gasteiger partial charge in [-0.1, -0.05) is 24.3 Å². The van der Waals surface area contributed by atoms with Gasteiger partial charge in [-0.2, -0.15) is 0 Å². The first kappa shape index (κ1) is 16.7. The molecule has 1 aromatic carbocycles. The fourth-order valence-corrected chi connectivity index (χ4v) is 3.76. The van der Waals surface area contributed by atoms with Crippen LogP contribution in [0.5, 0.6) is 0 Å². The van der Waals surface area contributed by atoms with Gasteiger partial charge in [0, 0.05) is 18.4 Å². The molecule has 0 saturated carbocycles. The molecular formula is C20H23N5O. The normalized spacial score (nSPS) is 17.7. The highest BCUT2D eigenvalue weighted by Gasteiger charge is 2.32. The third-order valence-corrected chi connectivity index (χ3v) is 5.03. The molecule has 0 spiro atoms. The highest BCUT2D eigenvalue weighted by atomic mass is 16.2. The SMILES string of the molecule is CCN(C(=O)CN1CCCC1c1nnc2ccccn12)c1ccccc1. The fourth-order valence-electron chi connectivity index (χ4n) is 3.76. The number of likely N-dealkylation sites (N-methyl/N-ethyl adjacent to an activating group) is 1. The van der Waals surface area contributed by atoms with Crippen LogP contribution in [0.3, 0.4) is 0 Å². The molecule has 0 bridgehead atoms. The van der Waals surface area contributed by atoms with Crippen LogP contribution in [0.25, 0.3) is 5.65 Å². The minimum atomic E-state index is 0.124. The molecule has 1 fully saturated rings. The Balaban J connectivity index is 1.54. The van der Waals surface area contributed by atoms with Crippen LogP contribution in [0.4, 0.5) is 5.69 Å². The summed E-state index contributed by atoms with van der Waals surface area (Å²) in [6, 6.07) is 15.9. The summed E-state index contributed by atoms with van der Waals surface area (Å²) in [4.78, 5) is 17.0. The summed E-state index contributed by atoms with van der Waals surface area (Å²) in [5.41, 5.74) is 1.80. The third kappa shape index (κ3) is 3.08. The van der Waals surface area contributed by atoms with Gasteiger partial charge in [0.15, 0.2) is 11.5 Å². The molecule has 4 rings (SSSR count). The standard InChI is InChI=1S/C20H23N5O/c1-2-24(16-9-4-3-5-10-16)19(26)15-23-13-8-11-17(23)20-22-21-18-12-6-7-14-25(18)20/h3-7,9-10,12,14,17H,2,8,11,13,15H2,1H3. The summed E-state index contributed by atoms with van der Waals surface area (Å²) in [6.45, 7) is 3.98. The van der Waals surface area contributed by atoms with Gasteiger partial charge < -0.3 is 4.90 Å². The number of likely N-dealkylation sites (tertiary alicyclic amines) is 1. The van der Waals surface area contributed by atoms with E-state index in [1.165, 1.54) is 0 Å². The van der Waals surface area contributed by atoms with Gasteiger partial charge in [-0.15, -0.1) is 10.2 Å². The van der Waals surface area contributed by atoms with Gasteiger partial charge in [0.2, 0.25) is 5.91 Å². The summed E-state index contributed by atoms with van der Waals surface area (Å²) in [5.74, 6) is 1.05. The average Bonchev–Trinajstić information content (AvgIpc) is 3.29. The van der Waals surface area contributed by atoms with Crippen molar-refractivity contribution in [2.24, 2.45) is 0 Å². The quantitative estimate of drug-likeness (QED) is 0.711. The number of carbonyl (C=O) groups is 1. The van der Waals surface area contributed by atoms with Gasteiger partial charge in [0.1, 0.15) is 0 Å². The first-order chi connectivity index (χ1) is 12.8. The number of pyridine rings is 1. The zero-order valence-electron chi connectivity index (χ0n) is 15.0. The lowest BCUT2D eigenvalue weighted by atomic mass is 10.2. The number of para-hydroxylation sites is 1. The van der Waals surface area contributed by atoms with Gasteiger partial charge in [0.25, 0.3) is 0 Å².